The average Bonchev–Trinajstić information content (AvgIpc) is 3.66. The highest BCUT2D eigenvalue weighted by atomic mass is 16.3. The van der Waals surface area contributed by atoms with Gasteiger partial charge < -0.3 is 9.32 Å². The summed E-state index contributed by atoms with van der Waals surface area (Å²) in [5, 5.41) is 9.79. The Morgan fingerprint density at radius 2 is 0.786 bits per heavy atom. The van der Waals surface area contributed by atoms with E-state index in [2.05, 4.69) is 211 Å². The highest BCUT2D eigenvalue weighted by molar-refractivity contribution is 6.36. The Morgan fingerprint density at radius 1 is 0.268 bits per heavy atom. The summed E-state index contributed by atoms with van der Waals surface area (Å²) >= 11 is 0. The largest absolute Gasteiger partial charge is 0.456 e. The molecule has 1 heterocycles. The molecule has 0 fully saturated rings. The van der Waals surface area contributed by atoms with Gasteiger partial charge in [0, 0.05) is 33.2 Å². The van der Waals surface area contributed by atoms with Crippen LogP contribution in [0.25, 0.3) is 87.6 Å². The second kappa shape index (κ2) is 13.2. The maximum Gasteiger partial charge on any atom is 0.136 e. The van der Waals surface area contributed by atoms with Gasteiger partial charge in [-0.05, 0) is 121 Å². The van der Waals surface area contributed by atoms with Gasteiger partial charge in [-0.15, -0.1) is 0 Å². The summed E-state index contributed by atoms with van der Waals surface area (Å²) in [5.41, 5.74) is 12.3. The highest BCUT2D eigenvalue weighted by Crippen LogP contribution is 2.46. The summed E-state index contributed by atoms with van der Waals surface area (Å²) in [6.07, 6.45) is 0. The van der Waals surface area contributed by atoms with Crippen LogP contribution in [0.2, 0.25) is 0 Å². The number of benzene rings is 10. The van der Waals surface area contributed by atoms with Crippen molar-refractivity contribution in [3.05, 3.63) is 212 Å². The number of rotatable bonds is 6. The summed E-state index contributed by atoms with van der Waals surface area (Å²) in [4.78, 5) is 2.37. The van der Waals surface area contributed by atoms with Crippen LogP contribution < -0.4 is 4.90 Å². The van der Waals surface area contributed by atoms with Crippen LogP contribution in [0.3, 0.4) is 0 Å². The second-order valence-corrected chi connectivity index (χ2v) is 14.5. The number of fused-ring (bicyclic) bond motifs is 10. The Kier molecular flexibility index (Phi) is 7.53. The fraction of sp³-hybridized carbons (Fsp3) is 0. The molecule has 11 aromatic rings. The predicted molar refractivity (Wildman–Crippen MR) is 237 cm³/mol. The molecule has 0 aliphatic heterocycles. The van der Waals surface area contributed by atoms with E-state index in [0.29, 0.717) is 0 Å². The van der Waals surface area contributed by atoms with E-state index in [1.165, 1.54) is 71.1 Å². The van der Waals surface area contributed by atoms with E-state index in [-0.39, 0.29) is 0 Å². The predicted octanol–water partition coefficient (Wildman–Crippen LogP) is 15.5. The summed E-state index contributed by atoms with van der Waals surface area (Å²) in [7, 11) is 0. The molecule has 1 aromatic heterocycles. The molecule has 262 valence electrons. The number of anilines is 3. The van der Waals surface area contributed by atoms with Gasteiger partial charge in [-0.25, -0.2) is 0 Å². The molecular weight excluding hydrogens is 679 g/mol. The molecule has 2 nitrogen and oxygen atoms in total. The first-order valence-corrected chi connectivity index (χ1v) is 19.2. The van der Waals surface area contributed by atoms with Gasteiger partial charge in [-0.2, -0.15) is 0 Å². The van der Waals surface area contributed by atoms with Crippen molar-refractivity contribution in [3.63, 3.8) is 0 Å². The van der Waals surface area contributed by atoms with Crippen LogP contribution >= 0.6 is 0 Å². The monoisotopic (exact) mass is 713 g/mol. The van der Waals surface area contributed by atoms with Crippen LogP contribution in [-0.2, 0) is 0 Å². The van der Waals surface area contributed by atoms with E-state index in [0.717, 1.165) is 33.6 Å². The first-order chi connectivity index (χ1) is 27.8. The molecule has 0 atom stereocenters. The van der Waals surface area contributed by atoms with E-state index < -0.39 is 0 Å². The Balaban J connectivity index is 1.10. The summed E-state index contributed by atoms with van der Waals surface area (Å²) in [6, 6.07) is 76.4. The Hall–Kier alpha value is -7.42. The topological polar surface area (TPSA) is 16.4 Å². The second-order valence-electron chi connectivity index (χ2n) is 14.5. The van der Waals surface area contributed by atoms with Crippen molar-refractivity contribution in [2.75, 3.05) is 4.90 Å². The fourth-order valence-electron chi connectivity index (χ4n) is 8.70. The first kappa shape index (κ1) is 32.0. The highest BCUT2D eigenvalue weighted by Gasteiger charge is 2.19. The Bertz CT molecular complexity index is 3130. The summed E-state index contributed by atoms with van der Waals surface area (Å²) in [6.45, 7) is 0. The van der Waals surface area contributed by atoms with Crippen molar-refractivity contribution in [2.24, 2.45) is 0 Å². The molecule has 0 saturated heterocycles. The van der Waals surface area contributed by atoms with Crippen molar-refractivity contribution in [1.82, 2.24) is 0 Å². The van der Waals surface area contributed by atoms with Crippen molar-refractivity contribution < 1.29 is 4.42 Å². The third-order valence-electron chi connectivity index (χ3n) is 11.2. The number of furan rings is 1. The molecule has 11 rings (SSSR count). The van der Waals surface area contributed by atoms with Gasteiger partial charge in [0.2, 0.25) is 0 Å². The SMILES string of the molecule is c1ccc(-c2cc(-c3ccccc3)cc(N(c3ccccc3)c3ccc(-c4cccc5c6ccc7oc8ccccc8c7c6c6ccccc6c45)cc3)c2)cc1. The zero-order chi connectivity index (χ0) is 37.0. The van der Waals surface area contributed by atoms with E-state index in [4.69, 9.17) is 4.42 Å². The molecular formula is C54H35NO. The molecule has 0 bridgehead atoms. The van der Waals surface area contributed by atoms with E-state index in [9.17, 15) is 0 Å². The van der Waals surface area contributed by atoms with Gasteiger partial charge >= 0.3 is 0 Å². The molecule has 0 N–H and O–H groups in total. The zero-order valence-electron chi connectivity index (χ0n) is 30.6. The lowest BCUT2D eigenvalue weighted by Crippen LogP contribution is -2.10. The minimum Gasteiger partial charge on any atom is -0.456 e. The molecule has 0 aliphatic carbocycles. The van der Waals surface area contributed by atoms with E-state index in [1.807, 2.05) is 6.07 Å². The fourth-order valence-corrected chi connectivity index (χ4v) is 8.70. The minimum atomic E-state index is 0.917. The van der Waals surface area contributed by atoms with Crippen LogP contribution in [0.5, 0.6) is 0 Å². The molecule has 10 aromatic carbocycles. The molecule has 0 aliphatic rings. The average molecular weight is 714 g/mol. The molecule has 0 saturated carbocycles. The molecule has 0 amide bonds. The molecule has 0 radical (unpaired) electrons. The van der Waals surface area contributed by atoms with Crippen LogP contribution in [0.4, 0.5) is 17.1 Å². The molecule has 0 unspecified atom stereocenters. The minimum absolute atomic E-state index is 0.917. The Labute approximate surface area is 325 Å². The van der Waals surface area contributed by atoms with E-state index >= 15 is 0 Å². The van der Waals surface area contributed by atoms with Crippen LogP contribution in [0, 0.1) is 0 Å². The van der Waals surface area contributed by atoms with Gasteiger partial charge in [0.1, 0.15) is 11.2 Å². The quantitative estimate of drug-likeness (QED) is 0.160. The summed E-state index contributed by atoms with van der Waals surface area (Å²) < 4.78 is 6.36. The standard InChI is InChI=1S/C54H35NO/c1-4-15-36(16-5-1)39-33-40(37-17-6-2-7-18-37)35-43(34-39)55(41-19-8-3-9-20-41)42-29-27-38(28-30-42)44-24-14-25-46-48-31-32-51-54(49-23-12-13-26-50(49)56-51)53(48)47-22-11-10-21-45(47)52(44)46/h1-35H. The third-order valence-corrected chi connectivity index (χ3v) is 11.2. The zero-order valence-corrected chi connectivity index (χ0v) is 30.6. The number of hydrogen-bond acceptors (Lipinski definition) is 2. The van der Waals surface area contributed by atoms with Gasteiger partial charge in [0.15, 0.2) is 0 Å². The third kappa shape index (κ3) is 5.26. The number of nitrogens with zero attached hydrogens (tertiary/aromatic N) is 1. The normalized spacial score (nSPS) is 11.6. The van der Waals surface area contributed by atoms with E-state index in [1.54, 1.807) is 0 Å². The lowest BCUT2D eigenvalue weighted by Gasteiger charge is -2.27. The van der Waals surface area contributed by atoms with Crippen LogP contribution in [0.1, 0.15) is 0 Å². The smallest absolute Gasteiger partial charge is 0.136 e. The van der Waals surface area contributed by atoms with Crippen molar-refractivity contribution >= 4 is 71.3 Å². The van der Waals surface area contributed by atoms with Gasteiger partial charge in [0.25, 0.3) is 0 Å². The molecule has 2 heteroatoms. The van der Waals surface area contributed by atoms with Gasteiger partial charge in [-0.1, -0.05) is 152 Å². The molecule has 0 spiro atoms. The van der Waals surface area contributed by atoms with Crippen LogP contribution in [-0.4, -0.2) is 0 Å². The van der Waals surface area contributed by atoms with Gasteiger partial charge in [-0.3, -0.25) is 0 Å². The maximum absolute atomic E-state index is 6.36. The van der Waals surface area contributed by atoms with Crippen molar-refractivity contribution in [1.29, 1.82) is 0 Å². The lowest BCUT2D eigenvalue weighted by atomic mass is 9.88. The number of para-hydroxylation sites is 2. The maximum atomic E-state index is 6.36. The van der Waals surface area contributed by atoms with Gasteiger partial charge in [0.05, 0.1) is 0 Å². The lowest BCUT2D eigenvalue weighted by molar-refractivity contribution is 0.669. The Morgan fingerprint density at radius 3 is 1.45 bits per heavy atom. The van der Waals surface area contributed by atoms with Crippen LogP contribution in [0.15, 0.2) is 217 Å². The number of hydrogen-bond donors (Lipinski definition) is 0. The van der Waals surface area contributed by atoms with Crippen molar-refractivity contribution in [2.45, 2.75) is 0 Å². The molecule has 56 heavy (non-hydrogen) atoms. The van der Waals surface area contributed by atoms with Crippen molar-refractivity contribution in [3.8, 4) is 33.4 Å². The summed E-state index contributed by atoms with van der Waals surface area (Å²) in [5.74, 6) is 0. The first-order valence-electron chi connectivity index (χ1n) is 19.2.